The molecule has 0 unspecified atom stereocenters. The lowest BCUT2D eigenvalue weighted by atomic mass is 10.0. The van der Waals surface area contributed by atoms with Crippen molar-refractivity contribution in [2.24, 2.45) is 0 Å². The number of benzene rings is 2. The van der Waals surface area contributed by atoms with Gasteiger partial charge in [-0.3, -0.25) is 4.79 Å². The average molecular weight is 497 g/mol. The zero-order valence-electron chi connectivity index (χ0n) is 20.9. The fourth-order valence-corrected chi connectivity index (χ4v) is 3.60. The van der Waals surface area contributed by atoms with E-state index < -0.39 is 12.1 Å². The Morgan fingerprint density at radius 2 is 1.67 bits per heavy atom. The second-order valence-corrected chi connectivity index (χ2v) is 8.00. The van der Waals surface area contributed by atoms with E-state index in [-0.39, 0.29) is 24.7 Å². The van der Waals surface area contributed by atoms with Crippen LogP contribution >= 0.6 is 0 Å². The number of carbonyl (C=O) groups is 2. The van der Waals surface area contributed by atoms with Crippen molar-refractivity contribution < 1.29 is 38.0 Å². The molecule has 192 valence electrons. The maximum absolute atomic E-state index is 12.9. The highest BCUT2D eigenvalue weighted by Crippen LogP contribution is 2.31. The topological polar surface area (TPSA) is 89.5 Å². The minimum Gasteiger partial charge on any atom is -0.497 e. The first kappa shape index (κ1) is 27.0. The van der Waals surface area contributed by atoms with E-state index in [4.69, 9.17) is 28.4 Å². The number of methoxy groups -OCH3 is 3. The van der Waals surface area contributed by atoms with Crippen LogP contribution in [0.2, 0.25) is 0 Å². The van der Waals surface area contributed by atoms with E-state index in [0.717, 1.165) is 11.3 Å². The third-order valence-electron chi connectivity index (χ3n) is 5.50. The van der Waals surface area contributed by atoms with Crippen molar-refractivity contribution in [1.82, 2.24) is 0 Å². The lowest BCUT2D eigenvalue weighted by Crippen LogP contribution is -2.22. The summed E-state index contributed by atoms with van der Waals surface area (Å²) >= 11 is 0. The third-order valence-corrected chi connectivity index (χ3v) is 5.50. The lowest BCUT2D eigenvalue weighted by Gasteiger charge is -2.16. The maximum atomic E-state index is 12.9. The molecule has 0 amide bonds. The van der Waals surface area contributed by atoms with Gasteiger partial charge in [-0.1, -0.05) is 30.4 Å². The number of ketones is 1. The Hall–Kier alpha value is -3.62. The number of ether oxygens (including phenoxy) is 6. The van der Waals surface area contributed by atoms with Crippen molar-refractivity contribution >= 4 is 17.8 Å². The SMILES string of the molecule is COCOc1cc(OC)cc2c1C(=O)OCC/C=C\C(=O)[C@@H](OCc1ccc(OC)cc1)CC/C=C/2. The van der Waals surface area contributed by atoms with Gasteiger partial charge in [-0.15, -0.1) is 0 Å². The Morgan fingerprint density at radius 3 is 2.39 bits per heavy atom. The van der Waals surface area contributed by atoms with Crippen molar-refractivity contribution in [3.63, 3.8) is 0 Å². The van der Waals surface area contributed by atoms with Crippen molar-refractivity contribution in [2.75, 3.05) is 34.7 Å². The van der Waals surface area contributed by atoms with Gasteiger partial charge in [0.1, 0.15) is 28.9 Å². The molecule has 36 heavy (non-hydrogen) atoms. The zero-order valence-corrected chi connectivity index (χ0v) is 20.9. The maximum Gasteiger partial charge on any atom is 0.342 e. The van der Waals surface area contributed by atoms with Crippen LogP contribution < -0.4 is 14.2 Å². The van der Waals surface area contributed by atoms with E-state index in [1.165, 1.54) is 20.3 Å². The molecule has 0 radical (unpaired) electrons. The molecule has 0 bridgehead atoms. The van der Waals surface area contributed by atoms with Crippen LogP contribution in [0.25, 0.3) is 6.08 Å². The van der Waals surface area contributed by atoms with Crippen LogP contribution in [0.15, 0.2) is 54.6 Å². The van der Waals surface area contributed by atoms with E-state index in [2.05, 4.69) is 0 Å². The standard InChI is InChI=1S/C28H32O8/c1-31-19-36-26-17-23(33-3)16-21-8-4-5-10-25(35-18-20-11-13-22(32-2)14-12-20)24(29)9-6-7-15-34-28(30)27(21)26/h4,6,8-9,11-14,16-17,25H,5,7,10,15,18-19H2,1-3H3/b8-4+,9-6-/t25-/m0/s1. The van der Waals surface area contributed by atoms with Gasteiger partial charge in [-0.25, -0.2) is 4.79 Å². The van der Waals surface area contributed by atoms with Gasteiger partial charge < -0.3 is 28.4 Å². The first-order valence-electron chi connectivity index (χ1n) is 11.7. The average Bonchev–Trinajstić information content (AvgIpc) is 2.90. The summed E-state index contributed by atoms with van der Waals surface area (Å²) in [4.78, 5) is 25.7. The molecule has 1 atom stereocenters. The normalized spacial score (nSPS) is 18.4. The van der Waals surface area contributed by atoms with Crippen molar-refractivity contribution in [1.29, 1.82) is 0 Å². The van der Waals surface area contributed by atoms with Crippen LogP contribution in [-0.4, -0.2) is 52.6 Å². The molecule has 0 saturated heterocycles. The van der Waals surface area contributed by atoms with Gasteiger partial charge in [-0.2, -0.15) is 0 Å². The van der Waals surface area contributed by atoms with Gasteiger partial charge in [0, 0.05) is 13.2 Å². The van der Waals surface area contributed by atoms with Gasteiger partial charge in [0.2, 0.25) is 0 Å². The zero-order chi connectivity index (χ0) is 25.8. The molecule has 0 aliphatic carbocycles. The van der Waals surface area contributed by atoms with Gasteiger partial charge in [0.15, 0.2) is 12.6 Å². The highest BCUT2D eigenvalue weighted by Gasteiger charge is 2.21. The van der Waals surface area contributed by atoms with E-state index in [1.807, 2.05) is 30.3 Å². The van der Waals surface area contributed by atoms with E-state index in [0.29, 0.717) is 42.9 Å². The van der Waals surface area contributed by atoms with Crippen LogP contribution in [0.1, 0.15) is 40.7 Å². The van der Waals surface area contributed by atoms with E-state index in [1.54, 1.807) is 31.4 Å². The van der Waals surface area contributed by atoms with Crippen LogP contribution in [-0.2, 0) is 25.6 Å². The lowest BCUT2D eigenvalue weighted by molar-refractivity contribution is -0.126. The Kier molecular flexibility index (Phi) is 10.5. The summed E-state index contributed by atoms with van der Waals surface area (Å²) in [5, 5.41) is 0. The summed E-state index contributed by atoms with van der Waals surface area (Å²) in [6, 6.07) is 10.9. The van der Waals surface area contributed by atoms with Crippen LogP contribution in [0.5, 0.6) is 17.2 Å². The molecule has 1 aliphatic rings. The molecule has 2 aromatic rings. The van der Waals surface area contributed by atoms with Gasteiger partial charge >= 0.3 is 5.97 Å². The number of carbonyl (C=O) groups excluding carboxylic acids is 2. The quantitative estimate of drug-likeness (QED) is 0.382. The number of cyclic esters (lactones) is 1. The molecule has 2 aromatic carbocycles. The molecule has 0 saturated carbocycles. The Balaban J connectivity index is 1.81. The van der Waals surface area contributed by atoms with Gasteiger partial charge in [-0.05, 0) is 54.7 Å². The highest BCUT2D eigenvalue weighted by molar-refractivity contribution is 5.97. The Bertz CT molecular complexity index is 1070. The molecular weight excluding hydrogens is 464 g/mol. The first-order valence-corrected chi connectivity index (χ1v) is 11.7. The number of fused-ring (bicyclic) bond motifs is 1. The minimum atomic E-state index is -0.608. The molecule has 3 rings (SSSR count). The monoisotopic (exact) mass is 496 g/mol. The molecular formula is C28H32O8. The summed E-state index contributed by atoms with van der Waals surface area (Å²) in [6.45, 7) is 0.378. The van der Waals surface area contributed by atoms with E-state index >= 15 is 0 Å². The number of rotatable bonds is 8. The van der Waals surface area contributed by atoms with Crippen molar-refractivity contribution in [3.8, 4) is 17.2 Å². The van der Waals surface area contributed by atoms with Crippen LogP contribution in [0, 0.1) is 0 Å². The molecule has 8 nitrogen and oxygen atoms in total. The Morgan fingerprint density at radius 1 is 0.917 bits per heavy atom. The molecule has 0 spiro atoms. The molecule has 0 aromatic heterocycles. The molecule has 0 fully saturated rings. The highest BCUT2D eigenvalue weighted by atomic mass is 16.7. The second kappa shape index (κ2) is 14.1. The number of allylic oxidation sites excluding steroid dienone is 1. The fraction of sp³-hybridized carbons (Fsp3) is 0.357. The van der Waals surface area contributed by atoms with E-state index in [9.17, 15) is 9.59 Å². The third kappa shape index (κ3) is 7.69. The summed E-state index contributed by atoms with van der Waals surface area (Å²) in [6.07, 6.45) is 7.68. The number of hydrogen-bond acceptors (Lipinski definition) is 8. The summed E-state index contributed by atoms with van der Waals surface area (Å²) in [5.41, 5.74) is 1.81. The molecule has 0 N–H and O–H groups in total. The number of esters is 1. The second-order valence-electron chi connectivity index (χ2n) is 8.00. The largest absolute Gasteiger partial charge is 0.497 e. The fourth-order valence-electron chi connectivity index (χ4n) is 3.60. The van der Waals surface area contributed by atoms with Crippen molar-refractivity contribution in [2.45, 2.75) is 32.0 Å². The van der Waals surface area contributed by atoms with Crippen LogP contribution in [0.4, 0.5) is 0 Å². The summed E-state index contributed by atoms with van der Waals surface area (Å²) < 4.78 is 32.6. The molecule has 8 heteroatoms. The van der Waals surface area contributed by atoms with Gasteiger partial charge in [0.05, 0.1) is 27.4 Å². The first-order chi connectivity index (χ1) is 17.5. The predicted molar refractivity (Wildman–Crippen MR) is 134 cm³/mol. The molecule has 1 aliphatic heterocycles. The molecule has 1 heterocycles. The Labute approximate surface area is 211 Å². The summed E-state index contributed by atoms with van der Waals surface area (Å²) in [7, 11) is 4.65. The summed E-state index contributed by atoms with van der Waals surface area (Å²) in [5.74, 6) is 0.935. The minimum absolute atomic E-state index is 0.0331. The smallest absolute Gasteiger partial charge is 0.342 e. The van der Waals surface area contributed by atoms with Gasteiger partial charge in [0.25, 0.3) is 0 Å². The number of hydrogen-bond donors (Lipinski definition) is 0. The van der Waals surface area contributed by atoms with Crippen LogP contribution in [0.3, 0.4) is 0 Å². The van der Waals surface area contributed by atoms with Crippen molar-refractivity contribution in [3.05, 3.63) is 71.3 Å². The predicted octanol–water partition coefficient (Wildman–Crippen LogP) is 4.75.